The van der Waals surface area contributed by atoms with Crippen molar-refractivity contribution in [3.63, 3.8) is 0 Å². The van der Waals surface area contributed by atoms with Gasteiger partial charge in [-0.05, 0) is 44.7 Å². The normalized spacial score (nSPS) is 15.6. The Morgan fingerprint density at radius 3 is 2.36 bits per heavy atom. The van der Waals surface area contributed by atoms with Gasteiger partial charge in [0.2, 0.25) is 0 Å². The average Bonchev–Trinajstić information content (AvgIpc) is 3.09. The molecule has 0 saturated carbocycles. The van der Waals surface area contributed by atoms with Crippen LogP contribution in [0.25, 0.3) is 5.82 Å². The van der Waals surface area contributed by atoms with Crippen LogP contribution in [0.3, 0.4) is 0 Å². The highest BCUT2D eigenvalue weighted by atomic mass is 16.4. The van der Waals surface area contributed by atoms with E-state index in [0.29, 0.717) is 18.7 Å². The molecule has 1 aliphatic rings. The highest BCUT2D eigenvalue weighted by Crippen LogP contribution is 2.25. The zero-order valence-electron chi connectivity index (χ0n) is 14.9. The largest absolute Gasteiger partial charge is 0.481 e. The minimum Gasteiger partial charge on any atom is -0.481 e. The highest BCUT2D eigenvalue weighted by molar-refractivity contribution is 5.97. The summed E-state index contributed by atoms with van der Waals surface area (Å²) in [5, 5.41) is 13.2. The number of amides is 1. The number of rotatable bonds is 4. The molecule has 7 nitrogen and oxygen atoms in total. The molecule has 0 aromatic carbocycles. The number of hydrogen-bond acceptors (Lipinski definition) is 3. The number of carbonyl (C=O) groups excluding carboxylic acids is 1. The van der Waals surface area contributed by atoms with Gasteiger partial charge in [0.15, 0.2) is 0 Å². The summed E-state index contributed by atoms with van der Waals surface area (Å²) in [7, 11) is 1.84. The van der Waals surface area contributed by atoms with Gasteiger partial charge in [0.25, 0.3) is 5.91 Å². The summed E-state index contributed by atoms with van der Waals surface area (Å²) in [4.78, 5) is 25.7. The predicted octanol–water partition coefficient (Wildman–Crippen LogP) is 2.15. The Morgan fingerprint density at radius 1 is 1.20 bits per heavy atom. The maximum absolute atomic E-state index is 13.0. The van der Waals surface area contributed by atoms with Crippen LogP contribution in [0.2, 0.25) is 0 Å². The topological polar surface area (TPSA) is 80.4 Å². The molecule has 1 N–H and O–H groups in total. The van der Waals surface area contributed by atoms with Gasteiger partial charge in [-0.25, -0.2) is 0 Å². The van der Waals surface area contributed by atoms with Gasteiger partial charge in [-0.2, -0.15) is 5.10 Å². The second kappa shape index (κ2) is 6.74. The summed E-state index contributed by atoms with van der Waals surface area (Å²) in [6, 6.07) is 4.04. The Morgan fingerprint density at radius 2 is 1.80 bits per heavy atom. The number of carbonyl (C=O) groups is 2. The SMILES string of the molecule is Cc1ccc(C)n1-c1c(C(=O)N2CCC(CC(=O)O)CC2)cnn1C. The van der Waals surface area contributed by atoms with Crippen molar-refractivity contribution in [2.75, 3.05) is 13.1 Å². The molecule has 2 aromatic rings. The lowest BCUT2D eigenvalue weighted by molar-refractivity contribution is -0.138. The summed E-state index contributed by atoms with van der Waals surface area (Å²) < 4.78 is 3.77. The first-order valence-corrected chi connectivity index (χ1v) is 8.57. The van der Waals surface area contributed by atoms with Crippen LogP contribution < -0.4 is 0 Å². The first-order valence-electron chi connectivity index (χ1n) is 8.57. The number of carboxylic acid groups (broad SMARTS) is 1. The Balaban J connectivity index is 1.82. The molecule has 0 atom stereocenters. The lowest BCUT2D eigenvalue weighted by Gasteiger charge is -2.31. The minimum atomic E-state index is -0.766. The molecule has 1 saturated heterocycles. The van der Waals surface area contributed by atoms with E-state index in [-0.39, 0.29) is 18.2 Å². The van der Waals surface area contributed by atoms with Crippen LogP contribution in [0.5, 0.6) is 0 Å². The van der Waals surface area contributed by atoms with Gasteiger partial charge in [-0.1, -0.05) is 0 Å². The fourth-order valence-electron chi connectivity index (χ4n) is 3.61. The summed E-state index contributed by atoms with van der Waals surface area (Å²) in [6.45, 7) is 5.20. The van der Waals surface area contributed by atoms with Crippen LogP contribution in [0.15, 0.2) is 18.3 Å². The Labute approximate surface area is 146 Å². The second-order valence-corrected chi connectivity index (χ2v) is 6.79. The fraction of sp³-hybridized carbons (Fsp3) is 0.500. The van der Waals surface area contributed by atoms with E-state index >= 15 is 0 Å². The molecule has 25 heavy (non-hydrogen) atoms. The van der Waals surface area contributed by atoms with Gasteiger partial charge in [0, 0.05) is 37.9 Å². The highest BCUT2D eigenvalue weighted by Gasteiger charge is 2.28. The van der Waals surface area contributed by atoms with Crippen LogP contribution in [0.1, 0.15) is 41.0 Å². The molecule has 0 unspecified atom stereocenters. The molecular weight excluding hydrogens is 320 g/mol. The van der Waals surface area contributed by atoms with Gasteiger partial charge in [0.05, 0.1) is 6.20 Å². The monoisotopic (exact) mass is 344 g/mol. The molecule has 1 amide bonds. The molecule has 0 spiro atoms. The predicted molar refractivity (Wildman–Crippen MR) is 92.9 cm³/mol. The maximum Gasteiger partial charge on any atom is 0.303 e. The van der Waals surface area contributed by atoms with Crippen LogP contribution in [0.4, 0.5) is 0 Å². The van der Waals surface area contributed by atoms with E-state index in [9.17, 15) is 9.59 Å². The summed E-state index contributed by atoms with van der Waals surface area (Å²) in [5.41, 5.74) is 2.69. The van der Waals surface area contributed by atoms with E-state index in [0.717, 1.165) is 30.0 Å². The van der Waals surface area contributed by atoms with E-state index in [4.69, 9.17) is 5.11 Å². The molecule has 2 aromatic heterocycles. The molecule has 134 valence electrons. The van der Waals surface area contributed by atoms with E-state index in [1.807, 2.05) is 42.5 Å². The zero-order valence-corrected chi connectivity index (χ0v) is 14.9. The molecular formula is C18H24N4O3. The number of aryl methyl sites for hydroxylation is 3. The molecule has 0 aliphatic carbocycles. The summed E-state index contributed by atoms with van der Waals surface area (Å²) in [6.07, 6.45) is 3.27. The van der Waals surface area contributed by atoms with Gasteiger partial charge in [-0.15, -0.1) is 0 Å². The minimum absolute atomic E-state index is 0.0376. The van der Waals surface area contributed by atoms with Crippen LogP contribution in [-0.2, 0) is 11.8 Å². The molecule has 3 rings (SSSR count). The van der Waals surface area contributed by atoms with Crippen molar-refractivity contribution in [2.45, 2.75) is 33.1 Å². The molecule has 0 bridgehead atoms. The van der Waals surface area contributed by atoms with Crippen molar-refractivity contribution in [1.82, 2.24) is 19.2 Å². The summed E-state index contributed by atoms with van der Waals surface area (Å²) >= 11 is 0. The van der Waals surface area contributed by atoms with E-state index < -0.39 is 5.97 Å². The first kappa shape index (κ1) is 17.3. The smallest absolute Gasteiger partial charge is 0.303 e. The molecule has 3 heterocycles. The van der Waals surface area contributed by atoms with Crippen LogP contribution in [-0.4, -0.2) is 49.3 Å². The summed E-state index contributed by atoms with van der Waals surface area (Å²) in [5.74, 6) is 0.128. The quantitative estimate of drug-likeness (QED) is 0.921. The van der Waals surface area contributed by atoms with Crippen LogP contribution >= 0.6 is 0 Å². The zero-order chi connectivity index (χ0) is 18.1. The van der Waals surface area contributed by atoms with Gasteiger partial charge < -0.3 is 14.6 Å². The van der Waals surface area contributed by atoms with E-state index in [1.54, 1.807) is 10.9 Å². The number of aliphatic carboxylic acids is 1. The number of nitrogens with zero attached hydrogens (tertiary/aromatic N) is 4. The van der Waals surface area contributed by atoms with E-state index in [1.165, 1.54) is 0 Å². The number of piperidine rings is 1. The van der Waals surface area contributed by atoms with Crippen molar-refractivity contribution in [2.24, 2.45) is 13.0 Å². The van der Waals surface area contributed by atoms with E-state index in [2.05, 4.69) is 5.10 Å². The number of aromatic nitrogens is 3. The lowest BCUT2D eigenvalue weighted by atomic mass is 9.93. The third-order valence-electron chi connectivity index (χ3n) is 4.99. The van der Waals surface area contributed by atoms with Crippen molar-refractivity contribution >= 4 is 11.9 Å². The molecule has 1 aliphatic heterocycles. The Bertz CT molecular complexity index is 778. The third kappa shape index (κ3) is 3.31. The third-order valence-corrected chi connectivity index (χ3v) is 4.99. The standard InChI is InChI=1S/C18H24N4O3/c1-12-4-5-13(2)22(12)17-15(11-19-20(17)3)18(25)21-8-6-14(7-9-21)10-16(23)24/h4-5,11,14H,6-10H2,1-3H3,(H,23,24). The van der Waals surface area contributed by atoms with Gasteiger partial charge in [0.1, 0.15) is 11.4 Å². The average molecular weight is 344 g/mol. The second-order valence-electron chi connectivity index (χ2n) is 6.79. The molecule has 7 heteroatoms. The number of carboxylic acids is 1. The van der Waals surface area contributed by atoms with Crippen molar-refractivity contribution in [1.29, 1.82) is 0 Å². The van der Waals surface area contributed by atoms with Gasteiger partial charge in [-0.3, -0.25) is 14.3 Å². The van der Waals surface area contributed by atoms with Crippen molar-refractivity contribution < 1.29 is 14.7 Å². The van der Waals surface area contributed by atoms with Crippen molar-refractivity contribution in [3.05, 3.63) is 35.3 Å². The number of likely N-dealkylation sites (tertiary alicyclic amines) is 1. The lowest BCUT2D eigenvalue weighted by Crippen LogP contribution is -2.39. The van der Waals surface area contributed by atoms with Crippen molar-refractivity contribution in [3.8, 4) is 5.82 Å². The maximum atomic E-state index is 13.0. The first-order chi connectivity index (χ1) is 11.9. The van der Waals surface area contributed by atoms with Crippen LogP contribution in [0, 0.1) is 19.8 Å². The molecule has 1 fully saturated rings. The Hall–Kier alpha value is -2.57. The Kier molecular flexibility index (Phi) is 4.65. The fourth-order valence-corrected chi connectivity index (χ4v) is 3.61. The molecule has 0 radical (unpaired) electrons. The number of hydrogen-bond donors (Lipinski definition) is 1. The van der Waals surface area contributed by atoms with Gasteiger partial charge >= 0.3 is 5.97 Å².